The van der Waals surface area contributed by atoms with Crippen LogP contribution in [0, 0.1) is 0 Å². The molecule has 0 heterocycles. The average Bonchev–Trinajstić information content (AvgIpc) is 2.41. The van der Waals surface area contributed by atoms with Crippen LogP contribution in [0.2, 0.25) is 0 Å². The van der Waals surface area contributed by atoms with Crippen LogP contribution in [-0.2, 0) is 0 Å². The van der Waals surface area contributed by atoms with Gasteiger partial charge in [-0.25, -0.2) is 0 Å². The SMILES string of the molecule is O=Cc1cccc(O)c1N=Nc1ccc(O)c(O)c1. The van der Waals surface area contributed by atoms with Crippen molar-refractivity contribution in [3.63, 3.8) is 0 Å². The summed E-state index contributed by atoms with van der Waals surface area (Å²) in [6.07, 6.45) is 0.558. The first-order valence-corrected chi connectivity index (χ1v) is 5.32. The van der Waals surface area contributed by atoms with Crippen LogP contribution in [0.25, 0.3) is 0 Å². The Hall–Kier alpha value is -2.89. The van der Waals surface area contributed by atoms with Crippen molar-refractivity contribution in [1.82, 2.24) is 0 Å². The smallest absolute Gasteiger partial charge is 0.159 e. The zero-order valence-corrected chi connectivity index (χ0v) is 9.69. The summed E-state index contributed by atoms with van der Waals surface area (Å²) in [5.41, 5.74) is 0.521. The van der Waals surface area contributed by atoms with E-state index in [0.717, 1.165) is 0 Å². The third kappa shape index (κ3) is 2.68. The predicted octanol–water partition coefficient (Wildman–Crippen LogP) is 3.03. The number of azo groups is 1. The number of nitrogens with zero attached hydrogens (tertiary/aromatic N) is 2. The van der Waals surface area contributed by atoms with Gasteiger partial charge < -0.3 is 15.3 Å². The Balaban J connectivity index is 2.37. The number of phenolic OH excluding ortho intramolecular Hbond substituents is 3. The Labute approximate surface area is 108 Å². The van der Waals surface area contributed by atoms with Crippen molar-refractivity contribution in [1.29, 1.82) is 0 Å². The summed E-state index contributed by atoms with van der Waals surface area (Å²) in [6, 6.07) is 8.29. The van der Waals surface area contributed by atoms with E-state index in [9.17, 15) is 15.0 Å². The molecule has 96 valence electrons. The molecule has 0 saturated carbocycles. The summed E-state index contributed by atoms with van der Waals surface area (Å²) >= 11 is 0. The van der Waals surface area contributed by atoms with E-state index in [1.54, 1.807) is 0 Å². The molecule has 0 spiro atoms. The Bertz CT molecular complexity index is 653. The zero-order chi connectivity index (χ0) is 13.8. The molecule has 2 aromatic carbocycles. The third-order valence-corrected chi connectivity index (χ3v) is 2.40. The lowest BCUT2D eigenvalue weighted by Gasteiger charge is -2.01. The monoisotopic (exact) mass is 258 g/mol. The van der Waals surface area contributed by atoms with Crippen LogP contribution in [0.4, 0.5) is 11.4 Å². The highest BCUT2D eigenvalue weighted by Crippen LogP contribution is 2.33. The topological polar surface area (TPSA) is 102 Å². The molecule has 0 aromatic heterocycles. The molecule has 0 atom stereocenters. The van der Waals surface area contributed by atoms with Gasteiger partial charge >= 0.3 is 0 Å². The molecule has 0 aliphatic heterocycles. The average molecular weight is 258 g/mol. The number of phenols is 3. The molecule has 0 radical (unpaired) electrons. The first-order valence-electron chi connectivity index (χ1n) is 5.32. The van der Waals surface area contributed by atoms with Gasteiger partial charge in [0.1, 0.15) is 11.4 Å². The molecule has 2 rings (SSSR count). The molecular formula is C13H10N2O4. The van der Waals surface area contributed by atoms with Crippen molar-refractivity contribution in [3.8, 4) is 17.2 Å². The number of aldehydes is 1. The Morgan fingerprint density at radius 2 is 1.68 bits per heavy atom. The van der Waals surface area contributed by atoms with Crippen molar-refractivity contribution in [3.05, 3.63) is 42.0 Å². The van der Waals surface area contributed by atoms with Crippen LogP contribution in [0.15, 0.2) is 46.6 Å². The standard InChI is InChI=1S/C13H10N2O4/c16-7-8-2-1-3-11(18)13(8)15-14-9-4-5-10(17)12(19)6-9/h1-7,17-19H. The van der Waals surface area contributed by atoms with E-state index in [2.05, 4.69) is 10.2 Å². The molecular weight excluding hydrogens is 248 g/mol. The molecule has 0 aliphatic rings. The highest BCUT2D eigenvalue weighted by Gasteiger charge is 2.06. The summed E-state index contributed by atoms with van der Waals surface area (Å²) in [4.78, 5) is 10.8. The van der Waals surface area contributed by atoms with Gasteiger partial charge in [0.05, 0.1) is 5.69 Å². The van der Waals surface area contributed by atoms with E-state index in [1.165, 1.54) is 36.4 Å². The number of aromatic hydroxyl groups is 3. The fourth-order valence-corrected chi connectivity index (χ4v) is 1.43. The van der Waals surface area contributed by atoms with Gasteiger partial charge in [0, 0.05) is 11.6 Å². The van der Waals surface area contributed by atoms with Crippen LogP contribution in [0.1, 0.15) is 10.4 Å². The van der Waals surface area contributed by atoms with Crippen molar-refractivity contribution in [2.75, 3.05) is 0 Å². The third-order valence-electron chi connectivity index (χ3n) is 2.40. The zero-order valence-electron chi connectivity index (χ0n) is 9.69. The Kier molecular flexibility index (Phi) is 3.42. The fraction of sp³-hybridized carbons (Fsp3) is 0. The normalized spacial score (nSPS) is 10.7. The molecule has 0 bridgehead atoms. The largest absolute Gasteiger partial charge is 0.506 e. The molecule has 19 heavy (non-hydrogen) atoms. The number of carbonyl (C=O) groups is 1. The van der Waals surface area contributed by atoms with Crippen LogP contribution in [-0.4, -0.2) is 21.6 Å². The Morgan fingerprint density at radius 1 is 0.895 bits per heavy atom. The van der Waals surface area contributed by atoms with E-state index in [1.807, 2.05) is 0 Å². The summed E-state index contributed by atoms with van der Waals surface area (Å²) in [5.74, 6) is -0.768. The molecule has 0 unspecified atom stereocenters. The second-order valence-corrected chi connectivity index (χ2v) is 3.71. The van der Waals surface area contributed by atoms with Crippen LogP contribution < -0.4 is 0 Å². The van der Waals surface area contributed by atoms with Crippen LogP contribution >= 0.6 is 0 Å². The molecule has 0 saturated heterocycles. The number of rotatable bonds is 3. The van der Waals surface area contributed by atoms with Gasteiger partial charge in [0.25, 0.3) is 0 Å². The van der Waals surface area contributed by atoms with Gasteiger partial charge in [-0.05, 0) is 24.3 Å². The summed E-state index contributed by atoms with van der Waals surface area (Å²) < 4.78 is 0. The molecule has 0 fully saturated rings. The molecule has 2 aromatic rings. The number of carbonyl (C=O) groups excluding carboxylic acids is 1. The lowest BCUT2D eigenvalue weighted by atomic mass is 10.2. The van der Waals surface area contributed by atoms with E-state index in [0.29, 0.717) is 6.29 Å². The van der Waals surface area contributed by atoms with E-state index >= 15 is 0 Å². The lowest BCUT2D eigenvalue weighted by molar-refractivity contribution is 0.112. The van der Waals surface area contributed by atoms with Crippen molar-refractivity contribution < 1.29 is 20.1 Å². The van der Waals surface area contributed by atoms with Crippen molar-refractivity contribution in [2.24, 2.45) is 10.2 Å². The maximum atomic E-state index is 10.8. The Morgan fingerprint density at radius 3 is 2.37 bits per heavy atom. The fourth-order valence-electron chi connectivity index (χ4n) is 1.43. The molecule has 0 aliphatic carbocycles. The van der Waals surface area contributed by atoms with Crippen LogP contribution in [0.3, 0.4) is 0 Å². The molecule has 3 N–H and O–H groups in total. The molecule has 6 nitrogen and oxygen atoms in total. The maximum Gasteiger partial charge on any atom is 0.159 e. The maximum absolute atomic E-state index is 10.8. The van der Waals surface area contributed by atoms with Gasteiger partial charge in [-0.3, -0.25) is 4.79 Å². The highest BCUT2D eigenvalue weighted by atomic mass is 16.3. The minimum Gasteiger partial charge on any atom is -0.506 e. The summed E-state index contributed by atoms with van der Waals surface area (Å²) in [7, 11) is 0. The second-order valence-electron chi connectivity index (χ2n) is 3.71. The van der Waals surface area contributed by atoms with Gasteiger partial charge in [-0.15, -0.1) is 5.11 Å². The van der Waals surface area contributed by atoms with Gasteiger partial charge in [0.2, 0.25) is 0 Å². The minimum atomic E-state index is -0.329. The van der Waals surface area contributed by atoms with Gasteiger partial charge in [-0.2, -0.15) is 5.11 Å². The summed E-state index contributed by atoms with van der Waals surface area (Å²) in [5, 5.41) is 35.6. The van der Waals surface area contributed by atoms with Gasteiger partial charge in [-0.1, -0.05) is 6.07 Å². The van der Waals surface area contributed by atoms with Gasteiger partial charge in [0.15, 0.2) is 17.8 Å². The second kappa shape index (κ2) is 5.18. The molecule has 6 heteroatoms. The van der Waals surface area contributed by atoms with E-state index < -0.39 is 0 Å². The lowest BCUT2D eigenvalue weighted by Crippen LogP contribution is -1.80. The first kappa shape index (κ1) is 12.6. The van der Waals surface area contributed by atoms with E-state index in [4.69, 9.17) is 5.11 Å². The number of benzene rings is 2. The quantitative estimate of drug-likeness (QED) is 0.447. The number of hydrogen-bond donors (Lipinski definition) is 3. The van der Waals surface area contributed by atoms with Crippen molar-refractivity contribution >= 4 is 17.7 Å². The van der Waals surface area contributed by atoms with Crippen molar-refractivity contribution in [2.45, 2.75) is 0 Å². The molecule has 0 amide bonds. The summed E-state index contributed by atoms with van der Waals surface area (Å²) in [6.45, 7) is 0. The van der Waals surface area contributed by atoms with Crippen LogP contribution in [0.5, 0.6) is 17.2 Å². The van der Waals surface area contributed by atoms with E-state index in [-0.39, 0.29) is 34.2 Å². The first-order chi connectivity index (χ1) is 9.11. The highest BCUT2D eigenvalue weighted by molar-refractivity contribution is 5.85. The minimum absolute atomic E-state index is 0.0464. The predicted molar refractivity (Wildman–Crippen MR) is 67.4 cm³/mol. The number of hydrogen-bond acceptors (Lipinski definition) is 6.